The molecule has 78 valence electrons. The lowest BCUT2D eigenvalue weighted by Crippen LogP contribution is -2.19. The third-order valence-electron chi connectivity index (χ3n) is 2.08. The molecule has 0 aromatic carbocycles. The Labute approximate surface area is 93.3 Å². The van der Waals surface area contributed by atoms with Crippen LogP contribution in [0.25, 0.3) is 0 Å². The molecule has 0 bridgehead atoms. The van der Waals surface area contributed by atoms with Gasteiger partial charge >= 0.3 is 0 Å². The van der Waals surface area contributed by atoms with Gasteiger partial charge in [-0.25, -0.2) is 0 Å². The largest absolute Gasteiger partial charge is 0.306 e. The van der Waals surface area contributed by atoms with Crippen molar-refractivity contribution in [2.75, 3.05) is 6.54 Å². The second-order valence-electron chi connectivity index (χ2n) is 3.25. The topological polar surface area (TPSA) is 29.9 Å². The predicted molar refractivity (Wildman–Crippen MR) is 62.4 cm³/mol. The van der Waals surface area contributed by atoms with Crippen molar-refractivity contribution in [3.05, 3.63) is 29.0 Å². The zero-order chi connectivity index (χ0) is 10.6. The molecule has 0 spiro atoms. The van der Waals surface area contributed by atoms with Gasteiger partial charge in [0.15, 0.2) is 0 Å². The second-order valence-corrected chi connectivity index (χ2v) is 4.37. The Morgan fingerprint density at radius 3 is 3.00 bits per heavy atom. The molecule has 0 saturated heterocycles. The number of hydrogen-bond acceptors (Lipinski definition) is 2. The molecule has 1 rings (SSSR count). The number of rotatable bonds is 5. The van der Waals surface area contributed by atoms with Crippen molar-refractivity contribution >= 4 is 15.9 Å². The van der Waals surface area contributed by atoms with Crippen molar-refractivity contribution in [3.8, 4) is 0 Å². The Hall–Kier alpha value is -0.610. The van der Waals surface area contributed by atoms with Crippen LogP contribution in [0.4, 0.5) is 0 Å². The van der Waals surface area contributed by atoms with Crippen molar-refractivity contribution in [2.24, 2.45) is 0 Å². The van der Waals surface area contributed by atoms with E-state index in [0.29, 0.717) is 6.04 Å². The van der Waals surface area contributed by atoms with E-state index in [9.17, 15) is 0 Å². The van der Waals surface area contributed by atoms with Crippen LogP contribution in [0.5, 0.6) is 0 Å². The van der Waals surface area contributed by atoms with Gasteiger partial charge < -0.3 is 5.32 Å². The highest BCUT2D eigenvalue weighted by Crippen LogP contribution is 2.11. The summed E-state index contributed by atoms with van der Waals surface area (Å²) in [4.78, 5) is 0. The summed E-state index contributed by atoms with van der Waals surface area (Å²) >= 11 is 3.32. The molecule has 0 aliphatic heterocycles. The Bertz CT molecular complexity index is 306. The molecule has 0 amide bonds. The van der Waals surface area contributed by atoms with Gasteiger partial charge in [-0.2, -0.15) is 5.10 Å². The molecule has 1 heterocycles. The van der Waals surface area contributed by atoms with E-state index in [4.69, 9.17) is 0 Å². The third-order valence-corrected chi connectivity index (χ3v) is 2.36. The molecule has 14 heavy (non-hydrogen) atoms. The summed E-state index contributed by atoms with van der Waals surface area (Å²) in [5, 5.41) is 7.56. The predicted octanol–water partition coefficient (Wildman–Crippen LogP) is 2.46. The van der Waals surface area contributed by atoms with Crippen LogP contribution in [0.1, 0.15) is 25.5 Å². The first-order chi connectivity index (χ1) is 6.63. The molecular formula is C10H16BrN3. The van der Waals surface area contributed by atoms with E-state index in [1.807, 2.05) is 10.9 Å². The minimum Gasteiger partial charge on any atom is -0.306 e. The van der Waals surface area contributed by atoms with Crippen LogP contribution in [0.3, 0.4) is 0 Å². The highest BCUT2D eigenvalue weighted by atomic mass is 79.9. The maximum atomic E-state index is 4.23. The Balaban J connectivity index is 2.51. The van der Waals surface area contributed by atoms with Gasteiger partial charge in [-0.3, -0.25) is 4.68 Å². The van der Waals surface area contributed by atoms with Crippen molar-refractivity contribution in [1.82, 2.24) is 15.1 Å². The number of hydrogen-bond donors (Lipinski definition) is 1. The number of nitrogens with zero attached hydrogens (tertiary/aromatic N) is 2. The molecular weight excluding hydrogens is 242 g/mol. The van der Waals surface area contributed by atoms with Crippen molar-refractivity contribution in [2.45, 2.75) is 26.4 Å². The SMILES string of the molecule is C=C(Br)CNC(C)c1cnn(CC)c1. The fourth-order valence-electron chi connectivity index (χ4n) is 1.16. The summed E-state index contributed by atoms with van der Waals surface area (Å²) in [7, 11) is 0. The Kier molecular flexibility index (Phi) is 4.35. The van der Waals surface area contributed by atoms with E-state index < -0.39 is 0 Å². The molecule has 4 heteroatoms. The van der Waals surface area contributed by atoms with Crippen LogP contribution in [0.15, 0.2) is 23.5 Å². The molecule has 0 aliphatic rings. The second kappa shape index (κ2) is 5.32. The molecule has 1 atom stereocenters. The van der Waals surface area contributed by atoms with E-state index >= 15 is 0 Å². The summed E-state index contributed by atoms with van der Waals surface area (Å²) in [6, 6.07) is 0.310. The molecule has 1 unspecified atom stereocenters. The van der Waals surface area contributed by atoms with E-state index in [1.54, 1.807) is 0 Å². The summed E-state index contributed by atoms with van der Waals surface area (Å²) in [5.41, 5.74) is 1.21. The third kappa shape index (κ3) is 3.27. The van der Waals surface area contributed by atoms with Crippen LogP contribution < -0.4 is 5.32 Å². The van der Waals surface area contributed by atoms with E-state index in [1.165, 1.54) is 5.56 Å². The first-order valence-corrected chi connectivity index (χ1v) is 5.51. The van der Waals surface area contributed by atoms with Gasteiger partial charge in [0.25, 0.3) is 0 Å². The molecule has 1 aromatic heterocycles. The van der Waals surface area contributed by atoms with Gasteiger partial charge in [-0.15, -0.1) is 0 Å². The summed E-state index contributed by atoms with van der Waals surface area (Å²) in [6.45, 7) is 9.66. The Morgan fingerprint density at radius 2 is 2.50 bits per heavy atom. The van der Waals surface area contributed by atoms with Gasteiger partial charge in [-0.05, 0) is 13.8 Å². The van der Waals surface area contributed by atoms with Gasteiger partial charge in [-0.1, -0.05) is 22.5 Å². The average molecular weight is 258 g/mol. The average Bonchev–Trinajstić information content (AvgIpc) is 2.62. The zero-order valence-electron chi connectivity index (χ0n) is 8.63. The lowest BCUT2D eigenvalue weighted by molar-refractivity contribution is 0.611. The fraction of sp³-hybridized carbons (Fsp3) is 0.500. The maximum absolute atomic E-state index is 4.23. The van der Waals surface area contributed by atoms with Crippen molar-refractivity contribution in [1.29, 1.82) is 0 Å². The van der Waals surface area contributed by atoms with Crippen LogP contribution in [-0.2, 0) is 6.54 Å². The number of aromatic nitrogens is 2. The summed E-state index contributed by atoms with van der Waals surface area (Å²) < 4.78 is 2.89. The first-order valence-electron chi connectivity index (χ1n) is 4.72. The minimum atomic E-state index is 0.310. The maximum Gasteiger partial charge on any atom is 0.0537 e. The van der Waals surface area contributed by atoms with Crippen LogP contribution >= 0.6 is 15.9 Å². The van der Waals surface area contributed by atoms with Gasteiger partial charge in [0.05, 0.1) is 6.20 Å². The van der Waals surface area contributed by atoms with Crippen molar-refractivity contribution in [3.63, 3.8) is 0 Å². The monoisotopic (exact) mass is 257 g/mol. The molecule has 1 aromatic rings. The zero-order valence-corrected chi connectivity index (χ0v) is 10.2. The molecule has 0 saturated carbocycles. The van der Waals surface area contributed by atoms with E-state index in [-0.39, 0.29) is 0 Å². The summed E-state index contributed by atoms with van der Waals surface area (Å²) in [6.07, 6.45) is 3.97. The highest BCUT2D eigenvalue weighted by molar-refractivity contribution is 9.11. The highest BCUT2D eigenvalue weighted by Gasteiger charge is 2.06. The van der Waals surface area contributed by atoms with Gasteiger partial charge in [0.2, 0.25) is 0 Å². The minimum absolute atomic E-state index is 0.310. The number of aryl methyl sites for hydroxylation is 1. The number of halogens is 1. The Morgan fingerprint density at radius 1 is 1.79 bits per heavy atom. The quantitative estimate of drug-likeness (QED) is 0.879. The molecule has 3 nitrogen and oxygen atoms in total. The van der Waals surface area contributed by atoms with Gasteiger partial charge in [0.1, 0.15) is 0 Å². The smallest absolute Gasteiger partial charge is 0.0537 e. The molecule has 0 aliphatic carbocycles. The fourth-order valence-corrected chi connectivity index (χ4v) is 1.32. The van der Waals surface area contributed by atoms with Gasteiger partial charge in [0, 0.05) is 35.4 Å². The van der Waals surface area contributed by atoms with Crippen LogP contribution in [-0.4, -0.2) is 16.3 Å². The molecule has 1 N–H and O–H groups in total. The standard InChI is InChI=1S/C10H16BrN3/c1-4-14-7-10(6-13-14)9(3)12-5-8(2)11/h6-7,9,12H,2,4-5H2,1,3H3. The lowest BCUT2D eigenvalue weighted by atomic mass is 10.2. The first kappa shape index (κ1) is 11.5. The van der Waals surface area contributed by atoms with Crippen LogP contribution in [0.2, 0.25) is 0 Å². The van der Waals surface area contributed by atoms with E-state index in [0.717, 1.165) is 17.6 Å². The molecule has 0 fully saturated rings. The number of nitrogens with one attached hydrogen (secondary N) is 1. The summed E-state index contributed by atoms with van der Waals surface area (Å²) in [5.74, 6) is 0. The van der Waals surface area contributed by atoms with Crippen LogP contribution in [0, 0.1) is 0 Å². The lowest BCUT2D eigenvalue weighted by Gasteiger charge is -2.10. The van der Waals surface area contributed by atoms with E-state index in [2.05, 4.69) is 53.0 Å². The molecule has 0 radical (unpaired) electrons. The van der Waals surface area contributed by atoms with Crippen molar-refractivity contribution < 1.29 is 0 Å². The normalized spacial score (nSPS) is 12.8.